The van der Waals surface area contributed by atoms with Crippen LogP contribution >= 0.6 is 0 Å². The van der Waals surface area contributed by atoms with Gasteiger partial charge in [0.2, 0.25) is 0 Å². The molecule has 0 spiro atoms. The molecule has 0 amide bonds. The van der Waals surface area contributed by atoms with Gasteiger partial charge in [-0.2, -0.15) is 0 Å². The van der Waals surface area contributed by atoms with E-state index in [2.05, 4.69) is 45.3 Å². The fourth-order valence-electron chi connectivity index (χ4n) is 1.62. The van der Waals surface area contributed by atoms with E-state index < -0.39 is 0 Å². The summed E-state index contributed by atoms with van der Waals surface area (Å²) >= 11 is 0. The maximum absolute atomic E-state index is 3.71. The lowest BCUT2D eigenvalue weighted by atomic mass is 9.88. The van der Waals surface area contributed by atoms with Crippen molar-refractivity contribution in [3.8, 4) is 0 Å². The molecule has 0 rings (SSSR count). The van der Waals surface area contributed by atoms with E-state index in [-0.39, 0.29) is 5.54 Å². The molecule has 0 atom stereocenters. The molecule has 0 saturated carbocycles. The van der Waals surface area contributed by atoms with Crippen LogP contribution in [0.5, 0.6) is 0 Å². The molecule has 86 valence electrons. The molecule has 0 aliphatic rings. The maximum atomic E-state index is 3.71. The van der Waals surface area contributed by atoms with E-state index >= 15 is 0 Å². The molecule has 0 saturated heterocycles. The van der Waals surface area contributed by atoms with Gasteiger partial charge in [-0.05, 0) is 40.2 Å². The fourth-order valence-corrected chi connectivity index (χ4v) is 1.62. The summed E-state index contributed by atoms with van der Waals surface area (Å²) in [5.74, 6) is 0. The van der Waals surface area contributed by atoms with Crippen LogP contribution in [0.1, 0.15) is 53.9 Å². The van der Waals surface area contributed by atoms with Crippen molar-refractivity contribution in [2.24, 2.45) is 0 Å². The van der Waals surface area contributed by atoms with Gasteiger partial charge in [-0.15, -0.1) is 0 Å². The highest BCUT2D eigenvalue weighted by Crippen LogP contribution is 2.19. The molecular weight excluding hydrogens is 172 g/mol. The predicted molar refractivity (Wildman–Crippen MR) is 64.7 cm³/mol. The van der Waals surface area contributed by atoms with Gasteiger partial charge >= 0.3 is 0 Å². The zero-order chi connectivity index (χ0) is 11.2. The smallest absolute Gasteiger partial charge is 0.0246 e. The van der Waals surface area contributed by atoms with Crippen LogP contribution in [0.3, 0.4) is 0 Å². The van der Waals surface area contributed by atoms with Crippen molar-refractivity contribution in [2.75, 3.05) is 13.6 Å². The van der Waals surface area contributed by atoms with Crippen molar-refractivity contribution >= 4 is 0 Å². The Morgan fingerprint density at radius 2 is 1.36 bits per heavy atom. The summed E-state index contributed by atoms with van der Waals surface area (Å²) in [5, 5.41) is 7.03. The summed E-state index contributed by atoms with van der Waals surface area (Å²) < 4.78 is 0. The van der Waals surface area contributed by atoms with Gasteiger partial charge in [-0.1, -0.05) is 20.8 Å². The average molecular weight is 200 g/mol. The molecule has 0 unspecified atom stereocenters. The second-order valence-electron chi connectivity index (χ2n) is 4.83. The summed E-state index contributed by atoms with van der Waals surface area (Å²) in [6.45, 7) is 12.3. The van der Waals surface area contributed by atoms with Gasteiger partial charge in [-0.25, -0.2) is 0 Å². The van der Waals surface area contributed by atoms with Crippen LogP contribution in [0.25, 0.3) is 0 Å². The summed E-state index contributed by atoms with van der Waals surface area (Å²) in [4.78, 5) is 0. The third kappa shape index (κ3) is 3.97. The summed E-state index contributed by atoms with van der Waals surface area (Å²) in [5.41, 5.74) is 0.527. The van der Waals surface area contributed by atoms with Crippen molar-refractivity contribution in [1.29, 1.82) is 0 Å². The van der Waals surface area contributed by atoms with Crippen LogP contribution in [0.4, 0.5) is 0 Å². The number of hydrogen-bond donors (Lipinski definition) is 2. The second-order valence-corrected chi connectivity index (χ2v) is 4.83. The SMILES string of the molecule is CCC(CC)(CC)NCC(C)(C)NC. The molecule has 2 N–H and O–H groups in total. The van der Waals surface area contributed by atoms with Crippen molar-refractivity contribution in [3.05, 3.63) is 0 Å². The number of hydrogen-bond acceptors (Lipinski definition) is 2. The van der Waals surface area contributed by atoms with E-state index in [0.717, 1.165) is 6.54 Å². The standard InChI is InChI=1S/C12H28N2/c1-7-12(8-2,9-3)14-10-11(4,5)13-6/h13-14H,7-10H2,1-6H3. The first-order valence-electron chi connectivity index (χ1n) is 5.89. The Hall–Kier alpha value is -0.0800. The van der Waals surface area contributed by atoms with Crippen LogP contribution in [-0.2, 0) is 0 Å². The van der Waals surface area contributed by atoms with Crippen LogP contribution in [0.15, 0.2) is 0 Å². The Kier molecular flexibility index (Phi) is 5.68. The topological polar surface area (TPSA) is 24.1 Å². The highest BCUT2D eigenvalue weighted by Gasteiger charge is 2.25. The monoisotopic (exact) mass is 200 g/mol. The Balaban J connectivity index is 4.19. The molecule has 0 aromatic rings. The van der Waals surface area contributed by atoms with Gasteiger partial charge < -0.3 is 10.6 Å². The zero-order valence-corrected chi connectivity index (χ0v) is 10.8. The second kappa shape index (κ2) is 5.72. The summed E-state index contributed by atoms with van der Waals surface area (Å²) in [6, 6.07) is 0. The molecule has 0 aromatic carbocycles. The van der Waals surface area contributed by atoms with Gasteiger partial charge in [-0.3, -0.25) is 0 Å². The Labute approximate surface area is 89.9 Å². The van der Waals surface area contributed by atoms with Gasteiger partial charge in [0.25, 0.3) is 0 Å². The average Bonchev–Trinajstić information content (AvgIpc) is 2.21. The van der Waals surface area contributed by atoms with Crippen molar-refractivity contribution in [3.63, 3.8) is 0 Å². The largest absolute Gasteiger partial charge is 0.314 e. The Morgan fingerprint density at radius 1 is 0.929 bits per heavy atom. The normalized spacial score (nSPS) is 13.3. The van der Waals surface area contributed by atoms with E-state index in [1.165, 1.54) is 19.3 Å². The van der Waals surface area contributed by atoms with E-state index in [4.69, 9.17) is 0 Å². The molecule has 0 fully saturated rings. The van der Waals surface area contributed by atoms with Crippen molar-refractivity contribution in [1.82, 2.24) is 10.6 Å². The Morgan fingerprint density at radius 3 is 1.64 bits per heavy atom. The lowest BCUT2D eigenvalue weighted by Gasteiger charge is -2.36. The minimum Gasteiger partial charge on any atom is -0.314 e. The van der Waals surface area contributed by atoms with E-state index in [0.29, 0.717) is 5.54 Å². The highest BCUT2D eigenvalue weighted by atomic mass is 15.0. The first-order valence-corrected chi connectivity index (χ1v) is 5.89. The molecule has 0 aliphatic carbocycles. The van der Waals surface area contributed by atoms with Gasteiger partial charge in [0.05, 0.1) is 0 Å². The van der Waals surface area contributed by atoms with Crippen LogP contribution < -0.4 is 10.6 Å². The molecule has 2 heteroatoms. The van der Waals surface area contributed by atoms with E-state index in [1.54, 1.807) is 0 Å². The molecular formula is C12H28N2. The molecule has 0 aliphatic heterocycles. The zero-order valence-electron chi connectivity index (χ0n) is 10.8. The lowest BCUT2D eigenvalue weighted by molar-refractivity contribution is 0.253. The number of nitrogens with one attached hydrogen (secondary N) is 2. The highest BCUT2D eigenvalue weighted by molar-refractivity contribution is 4.88. The summed E-state index contributed by atoms with van der Waals surface area (Å²) in [6.07, 6.45) is 3.62. The fraction of sp³-hybridized carbons (Fsp3) is 1.00. The van der Waals surface area contributed by atoms with E-state index in [1.807, 2.05) is 7.05 Å². The summed E-state index contributed by atoms with van der Waals surface area (Å²) in [7, 11) is 2.02. The first kappa shape index (κ1) is 13.9. The van der Waals surface area contributed by atoms with Crippen molar-refractivity contribution < 1.29 is 0 Å². The van der Waals surface area contributed by atoms with Crippen LogP contribution in [0, 0.1) is 0 Å². The number of likely N-dealkylation sites (N-methyl/N-ethyl adjacent to an activating group) is 1. The van der Waals surface area contributed by atoms with Crippen LogP contribution in [-0.4, -0.2) is 24.7 Å². The minimum absolute atomic E-state index is 0.185. The molecule has 14 heavy (non-hydrogen) atoms. The van der Waals surface area contributed by atoms with Gasteiger partial charge in [0.15, 0.2) is 0 Å². The predicted octanol–water partition coefficient (Wildman–Crippen LogP) is 2.54. The molecule has 0 heterocycles. The lowest BCUT2D eigenvalue weighted by Crippen LogP contribution is -2.53. The van der Waals surface area contributed by atoms with Gasteiger partial charge in [0, 0.05) is 17.6 Å². The Bertz CT molecular complexity index is 140. The molecule has 2 nitrogen and oxygen atoms in total. The molecule has 0 aromatic heterocycles. The van der Waals surface area contributed by atoms with E-state index in [9.17, 15) is 0 Å². The first-order chi connectivity index (χ1) is 6.45. The van der Waals surface area contributed by atoms with Crippen LogP contribution in [0.2, 0.25) is 0 Å². The quantitative estimate of drug-likeness (QED) is 0.660. The third-order valence-corrected chi connectivity index (χ3v) is 3.61. The minimum atomic E-state index is 0.185. The third-order valence-electron chi connectivity index (χ3n) is 3.61. The molecule has 0 bridgehead atoms. The number of rotatable bonds is 7. The maximum Gasteiger partial charge on any atom is 0.0246 e. The molecule has 0 radical (unpaired) electrons. The van der Waals surface area contributed by atoms with Crippen molar-refractivity contribution in [2.45, 2.75) is 65.0 Å². The van der Waals surface area contributed by atoms with Gasteiger partial charge in [0.1, 0.15) is 0 Å².